The first-order chi connectivity index (χ1) is 71.7. The van der Waals surface area contributed by atoms with Gasteiger partial charge >= 0.3 is 71.3 Å². The third-order valence-electron chi connectivity index (χ3n) is 34.2. The van der Waals surface area contributed by atoms with E-state index in [1.807, 2.05) is 23.9 Å². The van der Waals surface area contributed by atoms with E-state index in [0.29, 0.717) is 160 Å². The molecule has 15 heterocycles. The summed E-state index contributed by atoms with van der Waals surface area (Å²) in [5.74, 6) is -0.418. The first-order valence-electron chi connectivity index (χ1n) is 57.0. The Balaban J connectivity index is 0.000000183. The number of hydrogen-bond acceptors (Lipinski definition) is 31. The van der Waals surface area contributed by atoms with E-state index in [2.05, 4.69) is 81.5 Å². The summed E-state index contributed by atoms with van der Waals surface area (Å²) in [6.07, 6.45) is 30.5. The zero-order valence-electron chi connectivity index (χ0n) is 92.8. The molecule has 0 aromatic heterocycles. The molecule has 15 saturated heterocycles. The van der Waals surface area contributed by atoms with Gasteiger partial charge in [0.05, 0.1) is 46.2 Å². The molecule has 0 atom stereocenters. The third-order valence-corrected chi connectivity index (χ3v) is 34.2. The Bertz CT molecular complexity index is 4090. The summed E-state index contributed by atoms with van der Waals surface area (Å²) in [5, 5.41) is 0. The van der Waals surface area contributed by atoms with Crippen molar-refractivity contribution in [3.05, 3.63) is 0 Å². The van der Waals surface area contributed by atoms with Crippen LogP contribution in [-0.4, -0.2) is 529 Å². The highest BCUT2D eigenvalue weighted by molar-refractivity contribution is 6.34. The number of amides is 9. The number of hydrogen-bond donors (Lipinski definition) is 0. The molecule has 0 N–H and O–H groups in total. The molecule has 0 aliphatic carbocycles. The van der Waals surface area contributed by atoms with E-state index >= 15 is 0 Å². The van der Waals surface area contributed by atoms with Crippen molar-refractivity contribution in [3.8, 4) is 0 Å². The maximum Gasteiger partial charge on any atom is 0.397 e. The second kappa shape index (κ2) is 65.4. The van der Waals surface area contributed by atoms with Gasteiger partial charge in [-0.15, -0.1) is 0 Å². The van der Waals surface area contributed by atoms with Gasteiger partial charge in [0.2, 0.25) is 11.8 Å². The molecule has 0 bridgehead atoms. The van der Waals surface area contributed by atoms with Gasteiger partial charge in [0.1, 0.15) is 6.61 Å². The molecule has 9 amide bonds. The van der Waals surface area contributed by atoms with Crippen LogP contribution in [0, 0.1) is 59.2 Å². The Morgan fingerprint density at radius 3 is 0.859 bits per heavy atom. The van der Waals surface area contributed by atoms with Gasteiger partial charge in [-0.05, 0) is 368 Å². The summed E-state index contributed by atoms with van der Waals surface area (Å²) < 4.78 is 35.5. The van der Waals surface area contributed by atoms with Crippen LogP contribution in [0.2, 0.25) is 0 Å². The van der Waals surface area contributed by atoms with E-state index in [9.17, 15) is 71.9 Å². The Hall–Kier alpha value is -8.35. The minimum absolute atomic E-state index is 0.0996. The Kier molecular flexibility index (Phi) is 53.7. The summed E-state index contributed by atoms with van der Waals surface area (Å²) in [7, 11) is 20.1. The monoisotopic (exact) mass is 2100 g/mol. The molecular formula is C109H188N18O22. The first-order valence-corrected chi connectivity index (χ1v) is 57.0. The van der Waals surface area contributed by atoms with Crippen LogP contribution < -0.4 is 0 Å². The highest BCUT2D eigenvalue weighted by Crippen LogP contribution is 2.38. The fraction of sp³-hybridized carbons (Fsp3) is 0.862. The summed E-state index contributed by atoms with van der Waals surface area (Å²) in [5.41, 5.74) is 0. The standard InChI is InChI=1S/C21H35N3O4.C20H35N3O4.C19H31N3O4.C18H33N3O3.C17H29N3O4.C14H25N3O3/c1-22-12-6-17(7-13-22)18-8-14-24(15-9-18)20(26)21(27)28-16-4-11-23-10-3-2-5-19(23)25;1-21-8-3-17(4-9-21)18-5-10-23(11-6-18)19(24)20(25)27-14-2-7-22-12-15-26-16-13-22;1-20-9-4-15(5-10-20)16-6-11-22(12-7-16)18(24)19(25)26-14-13-21-8-2-3-17(21)23;1-19(2)9-4-14-24-18(23)17(22)21-12-7-16(8-13-21)15-5-10-20(3)11-6-15;1-18(2)15(21)12-24-17(23)16(22)20-10-6-14(7-11-20)13-4-8-19(3)9-5-13;1-3-20-14(19)13(18)17-6-4-12(5-7-17)16-10-8-15(2)9-11-16/h17-18H,2-16H2,1H3;17-18H,2-16H2,1H3;15-16H,2-14H2,1H3;15-16H,4-14H2,1-3H3;13-14H,4-12H2,1-3H3;12H,3-11H2,1-2H3. The number of ether oxygens (including phenoxy) is 7. The average molecular weight is 2100 g/mol. The topological polar surface area (TPSA) is 379 Å². The Morgan fingerprint density at radius 2 is 0.550 bits per heavy atom. The zero-order chi connectivity index (χ0) is 107. The highest BCUT2D eigenvalue weighted by atomic mass is 16.6. The molecule has 40 nitrogen and oxygen atoms in total. The number of likely N-dealkylation sites (N-methyl/N-ethyl adjacent to an activating group) is 2. The lowest BCUT2D eigenvalue weighted by Crippen LogP contribution is -2.53. The van der Waals surface area contributed by atoms with Crippen molar-refractivity contribution in [1.29, 1.82) is 0 Å². The molecule has 0 unspecified atom stereocenters. The van der Waals surface area contributed by atoms with Crippen molar-refractivity contribution in [3.63, 3.8) is 0 Å². The molecule has 15 rings (SSSR count). The number of rotatable bonds is 24. The number of carbonyl (C=O) groups is 15. The van der Waals surface area contributed by atoms with Crippen LogP contribution >= 0.6 is 0 Å². The number of piperazine rings is 1. The van der Waals surface area contributed by atoms with Crippen LogP contribution in [0.4, 0.5) is 0 Å². The van der Waals surface area contributed by atoms with Crippen molar-refractivity contribution >= 4 is 89.0 Å². The van der Waals surface area contributed by atoms with Gasteiger partial charge in [0, 0.05) is 184 Å². The predicted octanol–water partition coefficient (Wildman–Crippen LogP) is 4.13. The molecule has 15 aliphatic heterocycles. The van der Waals surface area contributed by atoms with Crippen LogP contribution in [0.25, 0.3) is 0 Å². The van der Waals surface area contributed by atoms with Crippen molar-refractivity contribution in [2.45, 2.75) is 206 Å². The maximum absolute atomic E-state index is 12.4. The van der Waals surface area contributed by atoms with E-state index in [-0.39, 0.29) is 44.1 Å². The van der Waals surface area contributed by atoms with Gasteiger partial charge in [-0.2, -0.15) is 0 Å². The van der Waals surface area contributed by atoms with E-state index < -0.39 is 71.3 Å². The number of nitrogens with zero attached hydrogens (tertiary/aromatic N) is 18. The Morgan fingerprint density at radius 1 is 0.282 bits per heavy atom. The largest absolute Gasteiger partial charge is 0.459 e. The van der Waals surface area contributed by atoms with E-state index in [0.717, 1.165) is 244 Å². The normalized spacial score (nSPS) is 22.6. The molecule has 0 radical (unpaired) electrons. The van der Waals surface area contributed by atoms with Crippen molar-refractivity contribution in [2.24, 2.45) is 59.2 Å². The lowest BCUT2D eigenvalue weighted by atomic mass is 9.79. The van der Waals surface area contributed by atoms with Crippen LogP contribution in [-0.2, 0) is 105 Å². The van der Waals surface area contributed by atoms with Crippen LogP contribution in [0.3, 0.4) is 0 Å². The van der Waals surface area contributed by atoms with Gasteiger partial charge in [-0.25, -0.2) is 28.8 Å². The Labute approximate surface area is 888 Å². The summed E-state index contributed by atoms with van der Waals surface area (Å²) in [6, 6.07) is 0.551. The fourth-order valence-corrected chi connectivity index (χ4v) is 24.1. The second-order valence-electron chi connectivity index (χ2n) is 45.0. The molecule has 0 aromatic rings. The number of morpholine rings is 1. The lowest BCUT2D eigenvalue weighted by molar-refractivity contribution is -0.163. The van der Waals surface area contributed by atoms with Gasteiger partial charge in [0.15, 0.2) is 6.61 Å². The van der Waals surface area contributed by atoms with E-state index in [1.165, 1.54) is 108 Å². The SMILES string of the molecule is CCOC(=O)C(=O)N1CCC(N2CCN(C)CC2)CC1.CN(C)CCCOC(=O)C(=O)N1CCC(C2CCN(C)CC2)CC1.CN1CCC(C2CCN(C(=O)C(=O)OCC(=O)N(C)C)CC2)CC1.CN1CCC(C2CCN(C(=O)C(=O)OCCCN3CCCCC3=O)CC2)CC1.CN1CCC(C2CCN(C(=O)C(=O)OCCCN3CCOCC3)CC2)CC1.CN1CCC(C2CCN(C(=O)C(=O)OCCN3CCCC3=O)CC2)CC1. The van der Waals surface area contributed by atoms with Crippen molar-refractivity contribution < 1.29 is 105 Å². The third kappa shape index (κ3) is 41.8. The highest BCUT2D eigenvalue weighted by Gasteiger charge is 2.41. The van der Waals surface area contributed by atoms with Crippen molar-refractivity contribution in [1.82, 2.24) is 88.2 Å². The van der Waals surface area contributed by atoms with Crippen molar-refractivity contribution in [2.75, 3.05) is 346 Å². The summed E-state index contributed by atoms with van der Waals surface area (Å²) >= 11 is 0. The van der Waals surface area contributed by atoms with Gasteiger partial charge in [-0.3, -0.25) is 53.0 Å². The smallest absolute Gasteiger partial charge is 0.397 e. The van der Waals surface area contributed by atoms with Crippen LogP contribution in [0.1, 0.15) is 200 Å². The van der Waals surface area contributed by atoms with Crippen LogP contribution in [0.5, 0.6) is 0 Å². The second-order valence-corrected chi connectivity index (χ2v) is 45.0. The quantitative estimate of drug-likeness (QED) is 0.0567. The van der Waals surface area contributed by atoms with E-state index in [4.69, 9.17) is 33.2 Å². The molecule has 846 valence electrons. The molecule has 40 heteroatoms. The molecule has 149 heavy (non-hydrogen) atoms. The summed E-state index contributed by atoms with van der Waals surface area (Å²) in [4.78, 5) is 215. The maximum atomic E-state index is 12.4. The zero-order valence-corrected chi connectivity index (χ0v) is 92.8. The summed E-state index contributed by atoms with van der Waals surface area (Å²) in [6.45, 7) is 34.2. The van der Waals surface area contributed by atoms with Gasteiger partial charge in [0.25, 0.3) is 5.91 Å². The molecule has 0 aromatic carbocycles. The minimum atomic E-state index is -0.928. The predicted molar refractivity (Wildman–Crippen MR) is 562 cm³/mol. The first kappa shape index (κ1) is 122. The fourth-order valence-electron chi connectivity index (χ4n) is 24.1. The van der Waals surface area contributed by atoms with Gasteiger partial charge in [-0.1, -0.05) is 0 Å². The lowest BCUT2D eigenvalue weighted by Gasteiger charge is -2.41. The molecule has 0 spiro atoms. The molecule has 15 fully saturated rings. The molecule has 0 saturated carbocycles. The molecule has 15 aliphatic rings. The average Bonchev–Trinajstić information content (AvgIpc) is 1.66. The number of esters is 6. The minimum Gasteiger partial charge on any atom is -0.459 e. The number of carbonyl (C=O) groups excluding carboxylic acids is 15. The molecular weight excluding hydrogens is 1910 g/mol. The number of piperidine rings is 12. The van der Waals surface area contributed by atoms with Gasteiger partial charge < -0.3 is 112 Å². The number of likely N-dealkylation sites (tertiary alicyclic amines) is 13. The van der Waals surface area contributed by atoms with E-state index in [1.54, 1.807) is 55.3 Å². The van der Waals surface area contributed by atoms with Crippen LogP contribution in [0.15, 0.2) is 0 Å².